The van der Waals surface area contributed by atoms with Crippen LogP contribution in [-0.2, 0) is 11.8 Å². The number of hydrogen-bond acceptors (Lipinski definition) is 3. The van der Waals surface area contributed by atoms with E-state index in [-0.39, 0.29) is 12.6 Å². The van der Waals surface area contributed by atoms with E-state index in [4.69, 9.17) is 0 Å². The highest BCUT2D eigenvalue weighted by Crippen LogP contribution is 2.17. The van der Waals surface area contributed by atoms with Gasteiger partial charge in [0.1, 0.15) is 12.4 Å². The van der Waals surface area contributed by atoms with Gasteiger partial charge in [0, 0.05) is 7.05 Å². The second-order valence-corrected chi connectivity index (χ2v) is 3.76. The highest BCUT2D eigenvalue weighted by atomic mass is 19.4. The standard InChI is InChI=1S/C10H16F3N3O/c1-7-15-4-9(16(7)3)8(14-2)5-17-6-10(11,12)13/h4,8,14H,5-6H2,1-3H3. The molecule has 4 nitrogen and oxygen atoms in total. The number of halogens is 3. The Morgan fingerprint density at radius 2 is 2.18 bits per heavy atom. The molecular weight excluding hydrogens is 235 g/mol. The minimum atomic E-state index is -4.29. The Kier molecular flexibility index (Phi) is 4.53. The van der Waals surface area contributed by atoms with E-state index in [1.165, 1.54) is 0 Å². The molecule has 0 aromatic carbocycles. The lowest BCUT2D eigenvalue weighted by molar-refractivity contribution is -0.175. The normalized spacial score (nSPS) is 14.0. The summed E-state index contributed by atoms with van der Waals surface area (Å²) in [4.78, 5) is 4.09. The Labute approximate surface area is 97.8 Å². The van der Waals surface area contributed by atoms with Gasteiger partial charge in [-0.05, 0) is 14.0 Å². The zero-order valence-corrected chi connectivity index (χ0v) is 10.0. The van der Waals surface area contributed by atoms with Gasteiger partial charge in [-0.1, -0.05) is 0 Å². The van der Waals surface area contributed by atoms with Crippen LogP contribution >= 0.6 is 0 Å². The number of aromatic nitrogens is 2. The molecule has 1 aromatic rings. The number of nitrogens with one attached hydrogen (secondary N) is 1. The van der Waals surface area contributed by atoms with Crippen molar-refractivity contribution in [1.82, 2.24) is 14.9 Å². The first kappa shape index (κ1) is 14.0. The number of imidazole rings is 1. The number of nitrogens with zero attached hydrogens (tertiary/aromatic N) is 2. The van der Waals surface area contributed by atoms with Gasteiger partial charge in [-0.15, -0.1) is 0 Å². The van der Waals surface area contributed by atoms with Gasteiger partial charge in [0.05, 0.1) is 24.5 Å². The third-order valence-electron chi connectivity index (χ3n) is 2.51. The minimum Gasteiger partial charge on any atom is -0.370 e. The number of hydrogen-bond donors (Lipinski definition) is 1. The SMILES string of the molecule is CNC(COCC(F)(F)F)c1cnc(C)n1C. The summed E-state index contributed by atoms with van der Waals surface area (Å²) >= 11 is 0. The van der Waals surface area contributed by atoms with Gasteiger partial charge in [-0.3, -0.25) is 0 Å². The first-order valence-electron chi connectivity index (χ1n) is 5.15. The third kappa shape index (κ3) is 4.01. The van der Waals surface area contributed by atoms with Crippen molar-refractivity contribution in [2.75, 3.05) is 20.3 Å². The molecule has 7 heteroatoms. The predicted octanol–water partition coefficient (Wildman–Crippen LogP) is 1.57. The van der Waals surface area contributed by atoms with Gasteiger partial charge in [0.15, 0.2) is 0 Å². The summed E-state index contributed by atoms with van der Waals surface area (Å²) in [5.41, 5.74) is 0.798. The van der Waals surface area contributed by atoms with E-state index in [0.717, 1.165) is 11.5 Å². The molecule has 0 amide bonds. The summed E-state index contributed by atoms with van der Waals surface area (Å²) in [7, 11) is 3.48. The highest BCUT2D eigenvalue weighted by molar-refractivity contribution is 5.09. The Balaban J connectivity index is 2.58. The van der Waals surface area contributed by atoms with Crippen LogP contribution < -0.4 is 5.32 Å². The number of rotatable bonds is 5. The molecule has 0 bridgehead atoms. The third-order valence-corrected chi connectivity index (χ3v) is 2.51. The lowest BCUT2D eigenvalue weighted by Gasteiger charge is -2.17. The molecule has 1 aromatic heterocycles. The molecule has 1 rings (SSSR count). The number of ether oxygens (including phenoxy) is 1. The number of aryl methyl sites for hydroxylation is 1. The lowest BCUT2D eigenvalue weighted by Crippen LogP contribution is -2.27. The Morgan fingerprint density at radius 3 is 2.59 bits per heavy atom. The quantitative estimate of drug-likeness (QED) is 0.863. The summed E-state index contributed by atoms with van der Waals surface area (Å²) in [6.07, 6.45) is -2.66. The van der Waals surface area contributed by atoms with Gasteiger partial charge in [-0.2, -0.15) is 13.2 Å². The Bertz CT molecular complexity index is 362. The van der Waals surface area contributed by atoms with Gasteiger partial charge in [0.2, 0.25) is 0 Å². The molecule has 1 unspecified atom stereocenters. The van der Waals surface area contributed by atoms with Crippen LogP contribution in [0.1, 0.15) is 17.6 Å². The van der Waals surface area contributed by atoms with Crippen LogP contribution in [0.4, 0.5) is 13.2 Å². The summed E-state index contributed by atoms with van der Waals surface area (Å²) in [6, 6.07) is -0.302. The van der Waals surface area contributed by atoms with Crippen LogP contribution in [0.3, 0.4) is 0 Å². The predicted molar refractivity (Wildman–Crippen MR) is 56.6 cm³/mol. The second kappa shape index (κ2) is 5.50. The molecule has 0 aliphatic carbocycles. The van der Waals surface area contributed by atoms with Crippen LogP contribution in [0.2, 0.25) is 0 Å². The fourth-order valence-electron chi connectivity index (χ4n) is 1.45. The zero-order chi connectivity index (χ0) is 13.1. The molecule has 0 aliphatic rings. The lowest BCUT2D eigenvalue weighted by atomic mass is 10.2. The minimum absolute atomic E-state index is 0.0466. The molecule has 17 heavy (non-hydrogen) atoms. The van der Waals surface area contributed by atoms with Gasteiger partial charge in [0.25, 0.3) is 0 Å². The smallest absolute Gasteiger partial charge is 0.370 e. The van der Waals surface area contributed by atoms with Crippen molar-refractivity contribution in [1.29, 1.82) is 0 Å². The maximum Gasteiger partial charge on any atom is 0.411 e. The maximum atomic E-state index is 11.9. The van der Waals surface area contributed by atoms with Crippen molar-refractivity contribution in [3.8, 4) is 0 Å². The van der Waals surface area contributed by atoms with Crippen LogP contribution in [0.15, 0.2) is 6.20 Å². The zero-order valence-electron chi connectivity index (χ0n) is 10.0. The topological polar surface area (TPSA) is 39.1 Å². The van der Waals surface area contributed by atoms with Gasteiger partial charge < -0.3 is 14.6 Å². The summed E-state index contributed by atoms with van der Waals surface area (Å²) in [5.74, 6) is 0.802. The molecule has 0 radical (unpaired) electrons. The van der Waals surface area contributed by atoms with Crippen molar-refractivity contribution >= 4 is 0 Å². The van der Waals surface area contributed by atoms with Crippen molar-refractivity contribution < 1.29 is 17.9 Å². The van der Waals surface area contributed by atoms with E-state index in [0.29, 0.717) is 0 Å². The number of alkyl halides is 3. The van der Waals surface area contributed by atoms with E-state index in [1.807, 2.05) is 18.5 Å². The summed E-state index contributed by atoms with van der Waals surface area (Å²) in [5, 5.41) is 2.91. The summed E-state index contributed by atoms with van der Waals surface area (Å²) < 4.78 is 42.3. The molecule has 0 saturated carbocycles. The molecule has 0 spiro atoms. The van der Waals surface area contributed by atoms with Gasteiger partial charge >= 0.3 is 6.18 Å². The van der Waals surface area contributed by atoms with E-state index in [9.17, 15) is 13.2 Å². The maximum absolute atomic E-state index is 11.9. The monoisotopic (exact) mass is 251 g/mol. The van der Waals surface area contributed by atoms with Crippen molar-refractivity contribution in [3.05, 3.63) is 17.7 Å². The van der Waals surface area contributed by atoms with Crippen LogP contribution in [0.5, 0.6) is 0 Å². The second-order valence-electron chi connectivity index (χ2n) is 3.76. The van der Waals surface area contributed by atoms with Crippen molar-refractivity contribution in [2.24, 2.45) is 7.05 Å². The Hall–Kier alpha value is -1.08. The molecular formula is C10H16F3N3O. The fourth-order valence-corrected chi connectivity index (χ4v) is 1.45. The first-order valence-corrected chi connectivity index (χ1v) is 5.15. The van der Waals surface area contributed by atoms with E-state index in [2.05, 4.69) is 15.0 Å². The fraction of sp³-hybridized carbons (Fsp3) is 0.700. The van der Waals surface area contributed by atoms with E-state index >= 15 is 0 Å². The van der Waals surface area contributed by atoms with Crippen molar-refractivity contribution in [2.45, 2.75) is 19.1 Å². The molecule has 0 aliphatic heterocycles. The van der Waals surface area contributed by atoms with Crippen LogP contribution in [-0.4, -0.2) is 36.0 Å². The molecule has 1 atom stereocenters. The molecule has 1 N–H and O–H groups in total. The molecule has 0 fully saturated rings. The highest BCUT2D eigenvalue weighted by Gasteiger charge is 2.28. The molecule has 1 heterocycles. The van der Waals surface area contributed by atoms with E-state index in [1.54, 1.807) is 13.2 Å². The molecule has 98 valence electrons. The van der Waals surface area contributed by atoms with Crippen LogP contribution in [0, 0.1) is 6.92 Å². The van der Waals surface area contributed by atoms with Gasteiger partial charge in [-0.25, -0.2) is 4.98 Å². The number of likely N-dealkylation sites (N-methyl/N-ethyl adjacent to an activating group) is 1. The largest absolute Gasteiger partial charge is 0.411 e. The Morgan fingerprint density at radius 1 is 1.53 bits per heavy atom. The average Bonchev–Trinajstić information content (AvgIpc) is 2.54. The molecule has 0 saturated heterocycles. The average molecular weight is 251 g/mol. The van der Waals surface area contributed by atoms with E-state index < -0.39 is 12.8 Å². The van der Waals surface area contributed by atoms with Crippen LogP contribution in [0.25, 0.3) is 0 Å². The summed E-state index contributed by atoms with van der Waals surface area (Å²) in [6.45, 7) is 0.545. The van der Waals surface area contributed by atoms with Crippen molar-refractivity contribution in [3.63, 3.8) is 0 Å². The first-order chi connectivity index (χ1) is 7.85.